The molecular weight excluding hydrogens is 332 g/mol. The number of furan rings is 1. The van der Waals surface area contributed by atoms with E-state index in [1.165, 1.54) is 0 Å². The standard InChI is InChI=1S/C20H28N2O4/c23-18(15-22-8-11-24-12-9-22)16-26-20-4-1-3-17(13-20)14-21-7-6-19-5-2-10-25-19/h1-5,10,13,18,21,23H,6-9,11-12,14-16H2/t18-/m0/s1. The summed E-state index contributed by atoms with van der Waals surface area (Å²) in [5.74, 6) is 1.78. The summed E-state index contributed by atoms with van der Waals surface area (Å²) < 4.78 is 16.4. The summed E-state index contributed by atoms with van der Waals surface area (Å²) in [4.78, 5) is 2.21. The number of rotatable bonds is 10. The molecule has 6 heteroatoms. The van der Waals surface area contributed by atoms with E-state index in [-0.39, 0.29) is 0 Å². The smallest absolute Gasteiger partial charge is 0.119 e. The molecule has 0 saturated carbocycles. The lowest BCUT2D eigenvalue weighted by molar-refractivity contribution is 0.00465. The second-order valence-corrected chi connectivity index (χ2v) is 6.53. The molecule has 1 aliphatic rings. The van der Waals surface area contributed by atoms with Crippen molar-refractivity contribution in [2.24, 2.45) is 0 Å². The Morgan fingerprint density at radius 3 is 2.88 bits per heavy atom. The van der Waals surface area contributed by atoms with Gasteiger partial charge in [-0.2, -0.15) is 0 Å². The number of ether oxygens (including phenoxy) is 2. The molecule has 0 amide bonds. The summed E-state index contributed by atoms with van der Waals surface area (Å²) in [5, 5.41) is 13.6. The van der Waals surface area contributed by atoms with E-state index in [1.54, 1.807) is 6.26 Å². The lowest BCUT2D eigenvalue weighted by Gasteiger charge is -2.28. The van der Waals surface area contributed by atoms with Gasteiger partial charge in [0, 0.05) is 39.1 Å². The zero-order chi connectivity index (χ0) is 18.0. The molecule has 1 saturated heterocycles. The fourth-order valence-electron chi connectivity index (χ4n) is 2.97. The van der Waals surface area contributed by atoms with Crippen LogP contribution < -0.4 is 10.1 Å². The molecule has 2 aromatic rings. The van der Waals surface area contributed by atoms with E-state index in [0.29, 0.717) is 13.2 Å². The van der Waals surface area contributed by atoms with Crippen LogP contribution in [0.2, 0.25) is 0 Å². The van der Waals surface area contributed by atoms with Crippen LogP contribution in [0.5, 0.6) is 5.75 Å². The quantitative estimate of drug-likeness (QED) is 0.629. The van der Waals surface area contributed by atoms with Gasteiger partial charge in [0.1, 0.15) is 24.2 Å². The first-order valence-electron chi connectivity index (χ1n) is 9.22. The number of hydrogen-bond acceptors (Lipinski definition) is 6. The minimum absolute atomic E-state index is 0.298. The number of nitrogens with zero attached hydrogens (tertiary/aromatic N) is 1. The SMILES string of the molecule is O[C@H](COc1cccc(CNCCc2ccco2)c1)CN1CCOCC1. The van der Waals surface area contributed by atoms with Crippen LogP contribution >= 0.6 is 0 Å². The van der Waals surface area contributed by atoms with Gasteiger partial charge in [-0.25, -0.2) is 0 Å². The molecule has 3 rings (SSSR count). The molecule has 1 aliphatic heterocycles. The monoisotopic (exact) mass is 360 g/mol. The van der Waals surface area contributed by atoms with Crippen molar-refractivity contribution in [3.05, 3.63) is 54.0 Å². The van der Waals surface area contributed by atoms with Gasteiger partial charge in [-0.1, -0.05) is 12.1 Å². The summed E-state index contributed by atoms with van der Waals surface area (Å²) in [5.41, 5.74) is 1.16. The van der Waals surface area contributed by atoms with Gasteiger partial charge in [0.15, 0.2) is 0 Å². The minimum Gasteiger partial charge on any atom is -0.491 e. The van der Waals surface area contributed by atoms with Gasteiger partial charge in [0.05, 0.1) is 19.5 Å². The third-order valence-corrected chi connectivity index (χ3v) is 4.37. The molecule has 2 heterocycles. The van der Waals surface area contributed by atoms with Crippen molar-refractivity contribution in [3.8, 4) is 5.75 Å². The number of morpholine rings is 1. The maximum atomic E-state index is 10.2. The highest BCUT2D eigenvalue weighted by Gasteiger charge is 2.15. The Morgan fingerprint density at radius 1 is 1.19 bits per heavy atom. The molecule has 26 heavy (non-hydrogen) atoms. The van der Waals surface area contributed by atoms with Crippen LogP contribution in [-0.4, -0.2) is 62.1 Å². The van der Waals surface area contributed by atoms with Crippen LogP contribution in [0.3, 0.4) is 0 Å². The Labute approximate surface area is 154 Å². The van der Waals surface area contributed by atoms with Gasteiger partial charge in [-0.05, 0) is 29.8 Å². The normalized spacial score (nSPS) is 16.5. The maximum Gasteiger partial charge on any atom is 0.119 e. The second kappa shape index (κ2) is 10.3. The van der Waals surface area contributed by atoms with E-state index in [9.17, 15) is 5.11 Å². The molecule has 6 nitrogen and oxygen atoms in total. The van der Waals surface area contributed by atoms with E-state index in [4.69, 9.17) is 13.9 Å². The lowest BCUT2D eigenvalue weighted by Crippen LogP contribution is -2.42. The fourth-order valence-corrected chi connectivity index (χ4v) is 2.97. The van der Waals surface area contributed by atoms with Crippen molar-refractivity contribution in [1.82, 2.24) is 10.2 Å². The predicted octanol–water partition coefficient (Wildman–Crippen LogP) is 1.68. The highest BCUT2D eigenvalue weighted by molar-refractivity contribution is 5.28. The zero-order valence-corrected chi connectivity index (χ0v) is 15.1. The number of aliphatic hydroxyl groups excluding tert-OH is 1. The van der Waals surface area contributed by atoms with Crippen LogP contribution in [0.25, 0.3) is 0 Å². The van der Waals surface area contributed by atoms with Gasteiger partial charge in [0.25, 0.3) is 0 Å². The van der Waals surface area contributed by atoms with Crippen LogP contribution in [-0.2, 0) is 17.7 Å². The Bertz CT molecular complexity index is 627. The van der Waals surface area contributed by atoms with Crippen molar-refractivity contribution < 1.29 is 19.0 Å². The van der Waals surface area contributed by atoms with Crippen molar-refractivity contribution in [2.45, 2.75) is 19.1 Å². The van der Waals surface area contributed by atoms with Gasteiger partial charge >= 0.3 is 0 Å². The largest absolute Gasteiger partial charge is 0.491 e. The fraction of sp³-hybridized carbons (Fsp3) is 0.500. The summed E-state index contributed by atoms with van der Waals surface area (Å²) in [6.07, 6.45) is 2.07. The first-order valence-corrected chi connectivity index (χ1v) is 9.22. The predicted molar refractivity (Wildman–Crippen MR) is 99.3 cm³/mol. The average molecular weight is 360 g/mol. The van der Waals surface area contributed by atoms with Gasteiger partial charge < -0.3 is 24.3 Å². The Balaban J connectivity index is 1.36. The molecule has 0 aliphatic carbocycles. The molecule has 1 atom stereocenters. The van der Waals surface area contributed by atoms with E-state index in [1.807, 2.05) is 30.3 Å². The second-order valence-electron chi connectivity index (χ2n) is 6.53. The number of hydrogen-bond donors (Lipinski definition) is 2. The summed E-state index contributed by atoms with van der Waals surface area (Å²) in [6, 6.07) is 11.9. The van der Waals surface area contributed by atoms with Crippen LogP contribution in [0.4, 0.5) is 0 Å². The number of β-amino-alcohol motifs (C(OH)–C–C–N with tert-alkyl or cyclic N) is 1. The molecule has 0 unspecified atom stereocenters. The average Bonchev–Trinajstić information content (AvgIpc) is 3.18. The number of benzene rings is 1. The topological polar surface area (TPSA) is 67.1 Å². The van der Waals surface area contributed by atoms with Crippen LogP contribution in [0.1, 0.15) is 11.3 Å². The third kappa shape index (κ3) is 6.46. The Morgan fingerprint density at radius 2 is 2.08 bits per heavy atom. The lowest BCUT2D eigenvalue weighted by atomic mass is 10.2. The number of aliphatic hydroxyl groups is 1. The molecule has 2 N–H and O–H groups in total. The minimum atomic E-state index is -0.497. The summed E-state index contributed by atoms with van der Waals surface area (Å²) in [7, 11) is 0. The first-order chi connectivity index (χ1) is 12.8. The molecular formula is C20H28N2O4. The summed E-state index contributed by atoms with van der Waals surface area (Å²) >= 11 is 0. The first kappa shape index (κ1) is 18.9. The van der Waals surface area contributed by atoms with Crippen LogP contribution in [0, 0.1) is 0 Å². The van der Waals surface area contributed by atoms with Crippen molar-refractivity contribution in [3.63, 3.8) is 0 Å². The van der Waals surface area contributed by atoms with Crippen molar-refractivity contribution in [1.29, 1.82) is 0 Å². The zero-order valence-electron chi connectivity index (χ0n) is 15.1. The van der Waals surface area contributed by atoms with E-state index >= 15 is 0 Å². The maximum absolute atomic E-state index is 10.2. The highest BCUT2D eigenvalue weighted by atomic mass is 16.5. The molecule has 0 bridgehead atoms. The van der Waals surface area contributed by atoms with Crippen LogP contribution in [0.15, 0.2) is 47.1 Å². The van der Waals surface area contributed by atoms with E-state index < -0.39 is 6.10 Å². The van der Waals surface area contributed by atoms with E-state index in [2.05, 4.69) is 16.3 Å². The Hall–Kier alpha value is -1.86. The third-order valence-electron chi connectivity index (χ3n) is 4.37. The number of nitrogens with one attached hydrogen (secondary N) is 1. The molecule has 0 spiro atoms. The molecule has 142 valence electrons. The van der Waals surface area contributed by atoms with Crippen molar-refractivity contribution >= 4 is 0 Å². The van der Waals surface area contributed by atoms with Gasteiger partial charge in [-0.3, -0.25) is 4.90 Å². The summed E-state index contributed by atoms with van der Waals surface area (Å²) in [6.45, 7) is 5.77. The van der Waals surface area contributed by atoms with Gasteiger partial charge in [0.2, 0.25) is 0 Å². The molecule has 1 aromatic heterocycles. The molecule has 1 aromatic carbocycles. The Kier molecular flexibility index (Phi) is 7.51. The molecule has 0 radical (unpaired) electrons. The van der Waals surface area contributed by atoms with Crippen molar-refractivity contribution in [2.75, 3.05) is 46.0 Å². The van der Waals surface area contributed by atoms with E-state index in [0.717, 1.165) is 62.9 Å². The molecule has 1 fully saturated rings. The van der Waals surface area contributed by atoms with Gasteiger partial charge in [-0.15, -0.1) is 0 Å². The highest BCUT2D eigenvalue weighted by Crippen LogP contribution is 2.14.